The summed E-state index contributed by atoms with van der Waals surface area (Å²) < 4.78 is 5.91. The first-order chi connectivity index (χ1) is 18.9. The van der Waals surface area contributed by atoms with Crippen LogP contribution in [0.2, 0.25) is 0 Å². The summed E-state index contributed by atoms with van der Waals surface area (Å²) in [6.45, 7) is 21.1. The van der Waals surface area contributed by atoms with E-state index in [-0.39, 0.29) is 0 Å². The van der Waals surface area contributed by atoms with Crippen LogP contribution in [0.25, 0.3) is 6.08 Å². The van der Waals surface area contributed by atoms with Crippen molar-refractivity contribution in [3.8, 4) is 5.88 Å². The smallest absolute Gasteiger partial charge is 0.217 e. The monoisotopic (exact) mass is 535 g/mol. The third-order valence-corrected chi connectivity index (χ3v) is 5.61. The number of anilines is 2. The van der Waals surface area contributed by atoms with E-state index in [0.29, 0.717) is 18.3 Å². The molecule has 0 aliphatic carbocycles. The lowest BCUT2D eigenvalue weighted by Crippen LogP contribution is -2.25. The minimum Gasteiger partial charge on any atom is -0.477 e. The third-order valence-electron chi connectivity index (χ3n) is 5.61. The summed E-state index contributed by atoms with van der Waals surface area (Å²) in [5.74, 6) is 1.10. The minimum atomic E-state index is 0.503. The molecule has 0 aliphatic heterocycles. The normalized spacial score (nSPS) is 9.87. The van der Waals surface area contributed by atoms with Gasteiger partial charge in [-0.15, -0.1) is 0 Å². The molecule has 3 rings (SSSR count). The van der Waals surface area contributed by atoms with Gasteiger partial charge in [-0.25, -0.2) is 0 Å². The number of nitrogens with one attached hydrogen (secondary N) is 2. The first-order valence-corrected chi connectivity index (χ1v) is 14.4. The van der Waals surface area contributed by atoms with Crippen molar-refractivity contribution in [2.75, 3.05) is 30.3 Å². The Morgan fingerprint density at radius 1 is 1.03 bits per heavy atom. The molecule has 3 aromatic rings. The topological polar surface area (TPSA) is 91.0 Å². The maximum Gasteiger partial charge on any atom is 0.217 e. The van der Waals surface area contributed by atoms with Gasteiger partial charge in [0.1, 0.15) is 5.82 Å². The standard InChI is InChI=1S/C21H32N4O.C8H9N.2C2H6/c1-5-8-19-16(4)17(15-23-19)9-12-26-21-14-18(13-20(22)24-21)25(10-6-2)11-7-3;1-7-3-2-4-8(5-7)6-9;2*1-2/h5,8,13-15,23H,6-7,9-12H2,1-4H3,(H2,22,24);2-6,9H,1H3;2*1-2H3/b8-5-;;;. The van der Waals surface area contributed by atoms with E-state index in [2.05, 4.69) is 47.9 Å². The van der Waals surface area contributed by atoms with E-state index in [1.807, 2.05) is 84.0 Å². The average molecular weight is 536 g/mol. The Labute approximate surface area is 238 Å². The van der Waals surface area contributed by atoms with Gasteiger partial charge in [0.2, 0.25) is 5.88 Å². The van der Waals surface area contributed by atoms with Gasteiger partial charge in [-0.05, 0) is 56.4 Å². The second kappa shape index (κ2) is 21.4. The van der Waals surface area contributed by atoms with E-state index in [1.165, 1.54) is 22.9 Å². The lowest BCUT2D eigenvalue weighted by Gasteiger charge is -2.24. The number of rotatable bonds is 11. The molecule has 0 fully saturated rings. The second-order valence-electron chi connectivity index (χ2n) is 8.59. The molecule has 0 saturated heterocycles. The van der Waals surface area contributed by atoms with E-state index < -0.39 is 0 Å². The summed E-state index contributed by atoms with van der Waals surface area (Å²) in [7, 11) is 0. The lowest BCUT2D eigenvalue weighted by atomic mass is 10.1. The highest BCUT2D eigenvalue weighted by atomic mass is 16.5. The minimum absolute atomic E-state index is 0.503. The molecular formula is C33H53N5O. The van der Waals surface area contributed by atoms with Crippen LogP contribution in [0.15, 0.2) is 48.7 Å². The van der Waals surface area contributed by atoms with Crippen LogP contribution in [-0.4, -0.2) is 35.9 Å². The maximum atomic E-state index is 6.92. The quantitative estimate of drug-likeness (QED) is 0.214. The first kappa shape index (κ1) is 35.5. The number of aryl methyl sites for hydroxylation is 1. The molecule has 1 aromatic carbocycles. The predicted molar refractivity (Wildman–Crippen MR) is 173 cm³/mol. The molecule has 39 heavy (non-hydrogen) atoms. The maximum absolute atomic E-state index is 6.92. The number of aromatic nitrogens is 2. The zero-order valence-electron chi connectivity index (χ0n) is 25.9. The molecule has 2 heterocycles. The summed E-state index contributed by atoms with van der Waals surface area (Å²) in [6.07, 6.45) is 10.6. The molecule has 0 bridgehead atoms. The van der Waals surface area contributed by atoms with E-state index in [4.69, 9.17) is 15.9 Å². The zero-order chi connectivity index (χ0) is 29.6. The molecule has 0 aliphatic rings. The molecule has 0 amide bonds. The predicted octanol–water partition coefficient (Wildman–Crippen LogP) is 8.63. The Bertz CT molecular complexity index is 1080. The number of nitrogens with two attached hydrogens (primary N) is 1. The Hall–Kier alpha value is -3.54. The van der Waals surface area contributed by atoms with Gasteiger partial charge in [0.25, 0.3) is 0 Å². The van der Waals surface area contributed by atoms with Crippen molar-refractivity contribution in [1.82, 2.24) is 9.97 Å². The van der Waals surface area contributed by atoms with Crippen molar-refractivity contribution in [2.45, 2.75) is 81.6 Å². The highest BCUT2D eigenvalue weighted by molar-refractivity contribution is 5.77. The fourth-order valence-corrected chi connectivity index (χ4v) is 3.86. The van der Waals surface area contributed by atoms with Crippen LogP contribution >= 0.6 is 0 Å². The summed E-state index contributed by atoms with van der Waals surface area (Å²) >= 11 is 0. The summed E-state index contributed by atoms with van der Waals surface area (Å²) in [5, 5.41) is 6.92. The molecule has 6 nitrogen and oxygen atoms in total. The van der Waals surface area contributed by atoms with Crippen LogP contribution in [0, 0.1) is 19.3 Å². The summed E-state index contributed by atoms with van der Waals surface area (Å²) in [6, 6.07) is 11.8. The van der Waals surface area contributed by atoms with Crippen molar-refractivity contribution >= 4 is 23.8 Å². The zero-order valence-corrected chi connectivity index (χ0v) is 25.9. The largest absolute Gasteiger partial charge is 0.477 e. The number of hydrogen-bond donors (Lipinski definition) is 3. The van der Waals surface area contributed by atoms with Gasteiger partial charge >= 0.3 is 0 Å². The Morgan fingerprint density at radius 3 is 2.23 bits per heavy atom. The fourth-order valence-electron chi connectivity index (χ4n) is 3.86. The molecule has 0 saturated carbocycles. The molecule has 6 heteroatoms. The number of allylic oxidation sites excluding steroid dienone is 1. The van der Waals surface area contributed by atoms with Crippen molar-refractivity contribution < 1.29 is 4.74 Å². The number of pyridine rings is 1. The van der Waals surface area contributed by atoms with Gasteiger partial charge in [-0.1, -0.05) is 77.4 Å². The first-order valence-electron chi connectivity index (χ1n) is 14.4. The number of benzene rings is 1. The molecule has 2 aromatic heterocycles. The van der Waals surface area contributed by atoms with Gasteiger partial charge in [0.05, 0.1) is 6.61 Å². The van der Waals surface area contributed by atoms with Crippen molar-refractivity contribution in [1.29, 1.82) is 5.41 Å². The number of nitrogen functional groups attached to an aromatic ring is 1. The second-order valence-corrected chi connectivity index (χ2v) is 8.59. The number of aromatic amines is 1. The van der Waals surface area contributed by atoms with Crippen LogP contribution in [0.3, 0.4) is 0 Å². The lowest BCUT2D eigenvalue weighted by molar-refractivity contribution is 0.310. The number of hydrogen-bond acceptors (Lipinski definition) is 5. The fraction of sp³-hybridized carbons (Fsp3) is 0.455. The molecule has 0 atom stereocenters. The van der Waals surface area contributed by atoms with E-state index in [1.54, 1.807) is 0 Å². The highest BCUT2D eigenvalue weighted by Crippen LogP contribution is 2.23. The summed E-state index contributed by atoms with van der Waals surface area (Å²) in [4.78, 5) is 9.97. The van der Waals surface area contributed by atoms with Crippen LogP contribution in [0.5, 0.6) is 5.88 Å². The van der Waals surface area contributed by atoms with E-state index >= 15 is 0 Å². The molecule has 4 N–H and O–H groups in total. The molecule has 0 unspecified atom stereocenters. The molecule has 0 spiro atoms. The van der Waals surface area contributed by atoms with Gasteiger partial charge < -0.3 is 25.8 Å². The van der Waals surface area contributed by atoms with Crippen molar-refractivity contribution in [3.05, 3.63) is 76.6 Å². The highest BCUT2D eigenvalue weighted by Gasteiger charge is 2.10. The van der Waals surface area contributed by atoms with Gasteiger partial charge in [0.15, 0.2) is 0 Å². The van der Waals surface area contributed by atoms with Gasteiger partial charge in [0, 0.05) is 55.4 Å². The summed E-state index contributed by atoms with van der Waals surface area (Å²) in [5.41, 5.74) is 12.9. The van der Waals surface area contributed by atoms with Gasteiger partial charge in [-0.2, -0.15) is 4.98 Å². The van der Waals surface area contributed by atoms with Crippen molar-refractivity contribution in [3.63, 3.8) is 0 Å². The van der Waals surface area contributed by atoms with Crippen LogP contribution in [0.1, 0.15) is 89.3 Å². The van der Waals surface area contributed by atoms with Crippen molar-refractivity contribution in [2.24, 2.45) is 0 Å². The number of nitrogens with zero attached hydrogens (tertiary/aromatic N) is 2. The Kier molecular flexibility index (Phi) is 19.5. The van der Waals surface area contributed by atoms with E-state index in [0.717, 1.165) is 49.3 Å². The third kappa shape index (κ3) is 13.2. The average Bonchev–Trinajstić information content (AvgIpc) is 3.30. The van der Waals surface area contributed by atoms with Crippen LogP contribution in [-0.2, 0) is 6.42 Å². The van der Waals surface area contributed by atoms with Gasteiger partial charge in [-0.3, -0.25) is 0 Å². The molecular weight excluding hydrogens is 482 g/mol. The molecule has 0 radical (unpaired) electrons. The number of H-pyrrole nitrogens is 1. The van der Waals surface area contributed by atoms with Crippen LogP contribution < -0.4 is 15.4 Å². The number of ether oxygens (including phenoxy) is 1. The Balaban J connectivity index is 0.000000924. The Morgan fingerprint density at radius 2 is 1.69 bits per heavy atom. The SMILES string of the molecule is C/C=C\c1[nH]cc(CCOc2cc(N(CCC)CCC)cc(N)n2)c1C.CC.CC.Cc1cccc(C=N)c1. The van der Waals surface area contributed by atoms with E-state index in [9.17, 15) is 0 Å². The van der Waals surface area contributed by atoms with Crippen LogP contribution in [0.4, 0.5) is 11.5 Å². The molecule has 216 valence electrons.